The predicted molar refractivity (Wildman–Crippen MR) is 68.7 cm³/mol. The van der Waals surface area contributed by atoms with Gasteiger partial charge in [-0.1, -0.05) is 45.9 Å². The zero-order valence-corrected chi connectivity index (χ0v) is 11.6. The van der Waals surface area contributed by atoms with Crippen molar-refractivity contribution in [1.82, 2.24) is 0 Å². The SMILES string of the molecule is CC(C)c1cccc([SiH2]Cl)c1C(C)C. The summed E-state index contributed by atoms with van der Waals surface area (Å²) >= 11 is 6.09. The quantitative estimate of drug-likeness (QED) is 0.549. The van der Waals surface area contributed by atoms with E-state index in [9.17, 15) is 0 Å². The maximum Gasteiger partial charge on any atom is 0.156 e. The highest BCUT2D eigenvalue weighted by Crippen LogP contribution is 2.24. The third-order valence-electron chi connectivity index (χ3n) is 2.57. The fourth-order valence-corrected chi connectivity index (χ4v) is 3.64. The van der Waals surface area contributed by atoms with Crippen molar-refractivity contribution < 1.29 is 0 Å². The molecule has 0 fully saturated rings. The second-order valence-electron chi connectivity index (χ2n) is 4.36. The normalized spacial score (nSPS) is 12.2. The van der Waals surface area contributed by atoms with Crippen molar-refractivity contribution in [3.05, 3.63) is 29.3 Å². The largest absolute Gasteiger partial charge is 0.170 e. The Morgan fingerprint density at radius 3 is 2.14 bits per heavy atom. The summed E-state index contributed by atoms with van der Waals surface area (Å²) in [5.41, 5.74) is 2.98. The second kappa shape index (κ2) is 4.99. The number of halogens is 1. The Morgan fingerprint density at radius 1 is 1.07 bits per heavy atom. The van der Waals surface area contributed by atoms with Crippen molar-refractivity contribution in [2.24, 2.45) is 0 Å². The van der Waals surface area contributed by atoms with Crippen molar-refractivity contribution in [1.29, 1.82) is 0 Å². The number of benzene rings is 1. The molecule has 0 aliphatic carbocycles. The summed E-state index contributed by atoms with van der Waals surface area (Å²) < 4.78 is 0. The van der Waals surface area contributed by atoms with Gasteiger partial charge in [-0.05, 0) is 28.1 Å². The van der Waals surface area contributed by atoms with Gasteiger partial charge in [0.15, 0.2) is 8.83 Å². The van der Waals surface area contributed by atoms with Crippen LogP contribution in [0.3, 0.4) is 0 Å². The van der Waals surface area contributed by atoms with Crippen molar-refractivity contribution in [2.45, 2.75) is 39.5 Å². The number of rotatable bonds is 3. The van der Waals surface area contributed by atoms with Gasteiger partial charge >= 0.3 is 0 Å². The lowest BCUT2D eigenvalue weighted by Crippen LogP contribution is -2.19. The van der Waals surface area contributed by atoms with Crippen molar-refractivity contribution in [3.8, 4) is 0 Å². The number of hydrogen-bond donors (Lipinski definition) is 0. The van der Waals surface area contributed by atoms with E-state index >= 15 is 0 Å². The summed E-state index contributed by atoms with van der Waals surface area (Å²) in [6.07, 6.45) is 0. The zero-order chi connectivity index (χ0) is 10.7. The van der Waals surface area contributed by atoms with Crippen LogP contribution in [0.15, 0.2) is 18.2 Å². The molecule has 2 heteroatoms. The summed E-state index contributed by atoms with van der Waals surface area (Å²) in [7, 11) is -0.562. The topological polar surface area (TPSA) is 0 Å². The Bertz CT molecular complexity index is 305. The summed E-state index contributed by atoms with van der Waals surface area (Å²) in [6, 6.07) is 6.58. The van der Waals surface area contributed by atoms with Crippen LogP contribution in [0.25, 0.3) is 0 Å². The van der Waals surface area contributed by atoms with Gasteiger partial charge in [-0.2, -0.15) is 11.1 Å². The molecule has 0 N–H and O–H groups in total. The summed E-state index contributed by atoms with van der Waals surface area (Å²) in [5.74, 6) is 1.19. The third-order valence-corrected chi connectivity index (χ3v) is 4.34. The average Bonchev–Trinajstić information content (AvgIpc) is 2.16. The molecule has 0 unspecified atom stereocenters. The van der Waals surface area contributed by atoms with E-state index in [0.717, 1.165) is 0 Å². The van der Waals surface area contributed by atoms with Crippen molar-refractivity contribution in [2.75, 3.05) is 0 Å². The standard InChI is InChI=1S/C12H19ClSi/c1-8(2)10-6-5-7-11(14-13)12(10)9(3)4/h5-9H,14H2,1-4H3. The van der Waals surface area contributed by atoms with Crippen LogP contribution in [0.2, 0.25) is 0 Å². The first-order chi connectivity index (χ1) is 6.57. The lowest BCUT2D eigenvalue weighted by atomic mass is 9.91. The Morgan fingerprint density at radius 2 is 1.71 bits per heavy atom. The van der Waals surface area contributed by atoms with Gasteiger partial charge in [0.25, 0.3) is 0 Å². The monoisotopic (exact) mass is 226 g/mol. The van der Waals surface area contributed by atoms with Gasteiger partial charge in [0.05, 0.1) is 0 Å². The minimum absolute atomic E-state index is 0.562. The molecular weight excluding hydrogens is 208 g/mol. The van der Waals surface area contributed by atoms with Crippen molar-refractivity contribution in [3.63, 3.8) is 0 Å². The summed E-state index contributed by atoms with van der Waals surface area (Å²) in [4.78, 5) is 0. The first-order valence-electron chi connectivity index (χ1n) is 5.25. The first-order valence-corrected chi connectivity index (χ1v) is 8.10. The molecule has 0 amide bonds. The minimum Gasteiger partial charge on any atom is -0.170 e. The van der Waals surface area contributed by atoms with Crippen LogP contribution in [0.4, 0.5) is 0 Å². The maximum atomic E-state index is 6.09. The van der Waals surface area contributed by atoms with Gasteiger partial charge in [-0.3, -0.25) is 0 Å². The van der Waals surface area contributed by atoms with E-state index in [2.05, 4.69) is 45.9 Å². The molecule has 14 heavy (non-hydrogen) atoms. The summed E-state index contributed by atoms with van der Waals surface area (Å²) in [5, 5.41) is 1.42. The van der Waals surface area contributed by atoms with E-state index in [0.29, 0.717) is 11.8 Å². The van der Waals surface area contributed by atoms with Gasteiger partial charge < -0.3 is 0 Å². The molecule has 1 rings (SSSR count). The molecule has 0 spiro atoms. The van der Waals surface area contributed by atoms with E-state index in [1.807, 2.05) is 0 Å². The maximum absolute atomic E-state index is 6.09. The average molecular weight is 227 g/mol. The van der Waals surface area contributed by atoms with E-state index < -0.39 is 8.83 Å². The van der Waals surface area contributed by atoms with Crippen LogP contribution in [0, 0.1) is 0 Å². The van der Waals surface area contributed by atoms with E-state index in [4.69, 9.17) is 11.1 Å². The molecule has 1 aromatic rings. The molecule has 0 aliphatic rings. The van der Waals surface area contributed by atoms with Crippen LogP contribution < -0.4 is 5.19 Å². The Labute approximate surface area is 94.2 Å². The molecule has 0 radical (unpaired) electrons. The smallest absolute Gasteiger partial charge is 0.156 e. The first kappa shape index (κ1) is 11.8. The van der Waals surface area contributed by atoms with E-state index in [-0.39, 0.29) is 0 Å². The number of hydrogen-bond acceptors (Lipinski definition) is 0. The molecule has 0 saturated carbocycles. The predicted octanol–water partition coefficient (Wildman–Crippen LogP) is 2.88. The van der Waals surface area contributed by atoms with Crippen LogP contribution in [0.5, 0.6) is 0 Å². The molecule has 0 heterocycles. The molecule has 1 aromatic carbocycles. The second-order valence-corrected chi connectivity index (χ2v) is 6.19. The lowest BCUT2D eigenvalue weighted by molar-refractivity contribution is 0.795. The van der Waals surface area contributed by atoms with E-state index in [1.54, 1.807) is 0 Å². The van der Waals surface area contributed by atoms with E-state index in [1.165, 1.54) is 16.3 Å². The Kier molecular flexibility index (Phi) is 4.21. The zero-order valence-electron chi connectivity index (χ0n) is 9.47. The molecule has 0 nitrogen and oxygen atoms in total. The van der Waals surface area contributed by atoms with Crippen LogP contribution in [-0.4, -0.2) is 8.83 Å². The fourth-order valence-electron chi connectivity index (χ4n) is 1.96. The third kappa shape index (κ3) is 2.40. The molecule has 0 aliphatic heterocycles. The Balaban J connectivity index is 3.28. The van der Waals surface area contributed by atoms with Crippen LogP contribution in [0.1, 0.15) is 50.7 Å². The highest BCUT2D eigenvalue weighted by molar-refractivity contribution is 7.01. The van der Waals surface area contributed by atoms with Gasteiger partial charge in [-0.25, -0.2) is 0 Å². The van der Waals surface area contributed by atoms with Crippen LogP contribution >= 0.6 is 11.1 Å². The molecule has 0 aromatic heterocycles. The van der Waals surface area contributed by atoms with Crippen molar-refractivity contribution >= 4 is 25.1 Å². The van der Waals surface area contributed by atoms with Gasteiger partial charge in [0.1, 0.15) is 0 Å². The van der Waals surface area contributed by atoms with Gasteiger partial charge in [0.2, 0.25) is 0 Å². The molecular formula is C12H19ClSi. The summed E-state index contributed by atoms with van der Waals surface area (Å²) in [6.45, 7) is 9.01. The fraction of sp³-hybridized carbons (Fsp3) is 0.500. The molecule has 78 valence electrons. The highest BCUT2D eigenvalue weighted by atomic mass is 35.6. The molecule has 0 saturated heterocycles. The molecule has 0 bridgehead atoms. The van der Waals surface area contributed by atoms with Gasteiger partial charge in [-0.15, -0.1) is 0 Å². The highest BCUT2D eigenvalue weighted by Gasteiger charge is 2.13. The Hall–Kier alpha value is -0.273. The van der Waals surface area contributed by atoms with Gasteiger partial charge in [0, 0.05) is 0 Å². The van der Waals surface area contributed by atoms with Crippen LogP contribution in [-0.2, 0) is 0 Å². The minimum atomic E-state index is -0.562. The molecule has 0 atom stereocenters. The lowest BCUT2D eigenvalue weighted by Gasteiger charge is -2.19.